The molecule has 3 heteroatoms. The van der Waals surface area contributed by atoms with E-state index in [1.165, 1.54) is 32.1 Å². The van der Waals surface area contributed by atoms with Crippen molar-refractivity contribution in [3.05, 3.63) is 0 Å². The fourth-order valence-electron chi connectivity index (χ4n) is 2.39. The fraction of sp³-hybridized carbons (Fsp3) is 0.833. The Morgan fingerprint density at radius 1 is 1.33 bits per heavy atom. The Morgan fingerprint density at radius 2 is 2.13 bits per heavy atom. The molecule has 1 aliphatic carbocycles. The minimum absolute atomic E-state index is 0.759. The van der Waals surface area contributed by atoms with E-state index in [0.29, 0.717) is 0 Å². The molecule has 0 aromatic carbocycles. The standard InChI is InChI=1S/C12H23N3/c1-3-6-10-7-4-5-8-11(14-2)12(9-10)15-13/h10H,3-9,13H2,1-2H3. The third-order valence-corrected chi connectivity index (χ3v) is 3.21. The average molecular weight is 209 g/mol. The zero-order valence-corrected chi connectivity index (χ0v) is 10.00. The van der Waals surface area contributed by atoms with Gasteiger partial charge in [0.15, 0.2) is 0 Å². The van der Waals surface area contributed by atoms with Gasteiger partial charge in [0.25, 0.3) is 0 Å². The molecule has 0 bridgehead atoms. The molecule has 1 fully saturated rings. The Hall–Kier alpha value is -0.860. The monoisotopic (exact) mass is 209 g/mol. The lowest BCUT2D eigenvalue weighted by atomic mass is 9.86. The Bertz CT molecular complexity index is 243. The predicted octanol–water partition coefficient (Wildman–Crippen LogP) is 2.75. The first-order valence-electron chi connectivity index (χ1n) is 6.04. The highest BCUT2D eigenvalue weighted by molar-refractivity contribution is 6.42. The van der Waals surface area contributed by atoms with E-state index in [1.54, 1.807) is 0 Å². The van der Waals surface area contributed by atoms with Gasteiger partial charge in [-0.1, -0.05) is 32.6 Å². The fourth-order valence-corrected chi connectivity index (χ4v) is 2.39. The van der Waals surface area contributed by atoms with E-state index in [4.69, 9.17) is 5.84 Å². The first-order chi connectivity index (χ1) is 7.31. The van der Waals surface area contributed by atoms with Gasteiger partial charge in [0.2, 0.25) is 0 Å². The van der Waals surface area contributed by atoms with Gasteiger partial charge >= 0.3 is 0 Å². The highest BCUT2D eigenvalue weighted by Crippen LogP contribution is 2.23. The van der Waals surface area contributed by atoms with Crippen LogP contribution in [0.5, 0.6) is 0 Å². The summed E-state index contributed by atoms with van der Waals surface area (Å²) in [5.41, 5.74) is 2.16. The summed E-state index contributed by atoms with van der Waals surface area (Å²) < 4.78 is 0. The SMILES string of the molecule is CCCC1CCCCC(=NC)C(=NN)C1. The highest BCUT2D eigenvalue weighted by atomic mass is 15.1. The van der Waals surface area contributed by atoms with Crippen molar-refractivity contribution in [2.75, 3.05) is 7.05 Å². The lowest BCUT2D eigenvalue weighted by molar-refractivity contribution is 0.437. The smallest absolute Gasteiger partial charge is 0.0812 e. The van der Waals surface area contributed by atoms with Crippen LogP contribution in [-0.2, 0) is 0 Å². The number of hydrogen-bond donors (Lipinski definition) is 1. The van der Waals surface area contributed by atoms with Crippen LogP contribution in [0.25, 0.3) is 0 Å². The van der Waals surface area contributed by atoms with Gasteiger partial charge < -0.3 is 5.84 Å². The second-order valence-electron chi connectivity index (χ2n) is 4.35. The maximum Gasteiger partial charge on any atom is 0.0812 e. The largest absolute Gasteiger partial charge is 0.323 e. The normalized spacial score (nSPS) is 29.1. The minimum Gasteiger partial charge on any atom is -0.323 e. The topological polar surface area (TPSA) is 50.7 Å². The van der Waals surface area contributed by atoms with Gasteiger partial charge in [0, 0.05) is 7.05 Å². The summed E-state index contributed by atoms with van der Waals surface area (Å²) in [6.45, 7) is 2.24. The van der Waals surface area contributed by atoms with E-state index in [9.17, 15) is 0 Å². The zero-order valence-electron chi connectivity index (χ0n) is 10.00. The molecule has 0 amide bonds. The lowest BCUT2D eigenvalue weighted by Crippen LogP contribution is -2.22. The van der Waals surface area contributed by atoms with Crippen LogP contribution in [0.15, 0.2) is 10.1 Å². The third kappa shape index (κ3) is 3.65. The molecule has 0 aromatic rings. The first-order valence-corrected chi connectivity index (χ1v) is 6.04. The number of rotatable bonds is 2. The second kappa shape index (κ2) is 6.59. The zero-order chi connectivity index (χ0) is 11.1. The maximum absolute atomic E-state index is 5.46. The Balaban J connectivity index is 2.69. The van der Waals surface area contributed by atoms with Gasteiger partial charge in [0.05, 0.1) is 11.4 Å². The number of nitrogens with zero attached hydrogens (tertiary/aromatic N) is 2. The first kappa shape index (κ1) is 12.2. The number of hydrogen-bond acceptors (Lipinski definition) is 3. The van der Waals surface area contributed by atoms with Gasteiger partial charge in [0.1, 0.15) is 0 Å². The van der Waals surface area contributed by atoms with E-state index in [2.05, 4.69) is 17.0 Å². The van der Waals surface area contributed by atoms with Crippen LogP contribution >= 0.6 is 0 Å². The molecule has 0 saturated heterocycles. The molecule has 1 rings (SSSR count). The van der Waals surface area contributed by atoms with Crippen LogP contribution < -0.4 is 5.84 Å². The van der Waals surface area contributed by atoms with Crippen molar-refractivity contribution in [3.8, 4) is 0 Å². The van der Waals surface area contributed by atoms with Crippen LogP contribution in [0.3, 0.4) is 0 Å². The number of aliphatic imine (C=N–C) groups is 1. The molecule has 1 saturated carbocycles. The van der Waals surface area contributed by atoms with Crippen LogP contribution in [0, 0.1) is 5.92 Å². The Morgan fingerprint density at radius 3 is 2.73 bits per heavy atom. The molecule has 0 spiro atoms. The molecule has 1 unspecified atom stereocenters. The van der Waals surface area contributed by atoms with Gasteiger partial charge in [-0.15, -0.1) is 0 Å². The van der Waals surface area contributed by atoms with Crippen LogP contribution in [0.1, 0.15) is 51.9 Å². The van der Waals surface area contributed by atoms with Gasteiger partial charge in [-0.3, -0.25) is 4.99 Å². The van der Waals surface area contributed by atoms with Gasteiger partial charge in [-0.05, 0) is 25.2 Å². The summed E-state index contributed by atoms with van der Waals surface area (Å²) in [4.78, 5) is 4.30. The second-order valence-corrected chi connectivity index (χ2v) is 4.35. The molecule has 86 valence electrons. The molecule has 0 heterocycles. The summed E-state index contributed by atoms with van der Waals surface area (Å²) >= 11 is 0. The molecule has 0 aromatic heterocycles. The highest BCUT2D eigenvalue weighted by Gasteiger charge is 2.18. The molecule has 0 radical (unpaired) electrons. The molecular weight excluding hydrogens is 186 g/mol. The van der Waals surface area contributed by atoms with Crippen LogP contribution in [-0.4, -0.2) is 18.5 Å². The van der Waals surface area contributed by atoms with Crippen molar-refractivity contribution < 1.29 is 0 Å². The van der Waals surface area contributed by atoms with Crippen LogP contribution in [0.4, 0.5) is 0 Å². The predicted molar refractivity (Wildman–Crippen MR) is 66.5 cm³/mol. The molecule has 1 aliphatic rings. The Kier molecular flexibility index (Phi) is 5.37. The molecule has 3 nitrogen and oxygen atoms in total. The molecular formula is C12H23N3. The van der Waals surface area contributed by atoms with E-state index >= 15 is 0 Å². The number of hydrazone groups is 1. The van der Waals surface area contributed by atoms with Crippen molar-refractivity contribution in [2.45, 2.75) is 51.9 Å². The van der Waals surface area contributed by atoms with Crippen molar-refractivity contribution >= 4 is 11.4 Å². The lowest BCUT2D eigenvalue weighted by Gasteiger charge is -2.21. The van der Waals surface area contributed by atoms with Crippen molar-refractivity contribution in [2.24, 2.45) is 21.9 Å². The summed E-state index contributed by atoms with van der Waals surface area (Å²) in [5, 5.41) is 3.92. The van der Waals surface area contributed by atoms with E-state index < -0.39 is 0 Å². The van der Waals surface area contributed by atoms with Gasteiger partial charge in [-0.2, -0.15) is 5.10 Å². The van der Waals surface area contributed by atoms with Crippen molar-refractivity contribution in [1.82, 2.24) is 0 Å². The third-order valence-electron chi connectivity index (χ3n) is 3.21. The van der Waals surface area contributed by atoms with E-state index in [1.807, 2.05) is 7.05 Å². The van der Waals surface area contributed by atoms with Gasteiger partial charge in [-0.25, -0.2) is 0 Å². The molecule has 15 heavy (non-hydrogen) atoms. The van der Waals surface area contributed by atoms with Crippen molar-refractivity contribution in [1.29, 1.82) is 0 Å². The average Bonchev–Trinajstić information content (AvgIpc) is 2.22. The van der Waals surface area contributed by atoms with E-state index in [-0.39, 0.29) is 0 Å². The molecule has 1 atom stereocenters. The summed E-state index contributed by atoms with van der Waals surface area (Å²) in [6.07, 6.45) is 8.48. The maximum atomic E-state index is 5.46. The molecule has 2 N–H and O–H groups in total. The van der Waals surface area contributed by atoms with Crippen LogP contribution in [0.2, 0.25) is 0 Å². The summed E-state index contributed by atoms with van der Waals surface area (Å²) in [7, 11) is 1.84. The molecule has 0 aliphatic heterocycles. The Labute approximate surface area is 92.8 Å². The summed E-state index contributed by atoms with van der Waals surface area (Å²) in [6, 6.07) is 0. The van der Waals surface area contributed by atoms with E-state index in [0.717, 1.165) is 30.2 Å². The van der Waals surface area contributed by atoms with Crippen molar-refractivity contribution in [3.63, 3.8) is 0 Å². The quantitative estimate of drug-likeness (QED) is 0.552. The number of nitrogens with two attached hydrogens (primary N) is 1. The minimum atomic E-state index is 0.759. The summed E-state index contributed by atoms with van der Waals surface area (Å²) in [5.74, 6) is 6.21.